The minimum absolute atomic E-state index is 0.0341. The number of urea groups is 1. The van der Waals surface area contributed by atoms with Crippen molar-refractivity contribution < 1.29 is 14.7 Å². The maximum absolute atomic E-state index is 12.4. The van der Waals surface area contributed by atoms with Crippen molar-refractivity contribution in [1.82, 2.24) is 10.2 Å². The largest absolute Gasteiger partial charge is 0.481 e. The number of hydrogen-bond acceptors (Lipinski definition) is 3. The summed E-state index contributed by atoms with van der Waals surface area (Å²) in [6.45, 7) is 2.63. The van der Waals surface area contributed by atoms with Crippen molar-refractivity contribution >= 4 is 23.3 Å². The monoisotopic (exact) mass is 310 g/mol. The zero-order valence-electron chi connectivity index (χ0n) is 12.2. The van der Waals surface area contributed by atoms with E-state index >= 15 is 0 Å². The van der Waals surface area contributed by atoms with E-state index in [2.05, 4.69) is 16.8 Å². The van der Waals surface area contributed by atoms with Gasteiger partial charge in [-0.05, 0) is 55.0 Å². The molecule has 2 atom stereocenters. The molecule has 6 heteroatoms. The first kappa shape index (κ1) is 15.8. The van der Waals surface area contributed by atoms with E-state index < -0.39 is 5.97 Å². The summed E-state index contributed by atoms with van der Waals surface area (Å²) >= 11 is 1.65. The van der Waals surface area contributed by atoms with E-state index in [0.717, 1.165) is 25.7 Å². The number of piperidine rings is 1. The Labute approximate surface area is 129 Å². The van der Waals surface area contributed by atoms with E-state index in [0.29, 0.717) is 6.54 Å². The normalized spacial score (nSPS) is 20.0. The Morgan fingerprint density at radius 1 is 1.52 bits per heavy atom. The molecular weight excluding hydrogens is 288 g/mol. The van der Waals surface area contributed by atoms with Crippen LogP contribution in [0.5, 0.6) is 0 Å². The van der Waals surface area contributed by atoms with Gasteiger partial charge in [-0.3, -0.25) is 4.79 Å². The number of carboxylic acids is 1. The third kappa shape index (κ3) is 4.74. The first-order valence-corrected chi connectivity index (χ1v) is 8.30. The molecule has 2 N–H and O–H groups in total. The Hall–Kier alpha value is -1.56. The molecular formula is C15H22N2O3S. The lowest BCUT2D eigenvalue weighted by molar-refractivity contribution is -0.138. The van der Waals surface area contributed by atoms with E-state index in [1.807, 2.05) is 12.3 Å². The molecule has 1 aromatic rings. The Morgan fingerprint density at radius 3 is 3.00 bits per heavy atom. The molecule has 0 aliphatic carbocycles. The van der Waals surface area contributed by atoms with Crippen LogP contribution in [-0.2, 0) is 11.2 Å². The van der Waals surface area contributed by atoms with Crippen LogP contribution >= 0.6 is 11.3 Å². The van der Waals surface area contributed by atoms with Gasteiger partial charge in [-0.25, -0.2) is 4.79 Å². The lowest BCUT2D eigenvalue weighted by Gasteiger charge is -2.35. The predicted octanol–water partition coefficient (Wildman–Crippen LogP) is 2.72. The van der Waals surface area contributed by atoms with Crippen LogP contribution in [0.15, 0.2) is 16.8 Å². The summed E-state index contributed by atoms with van der Waals surface area (Å²) in [7, 11) is 0. The number of aliphatic carboxylic acids is 1. The van der Waals surface area contributed by atoms with Gasteiger partial charge in [0.1, 0.15) is 0 Å². The number of rotatable bonds is 5. The molecule has 116 valence electrons. The number of nitrogens with one attached hydrogen (secondary N) is 1. The van der Waals surface area contributed by atoms with Crippen LogP contribution in [0.4, 0.5) is 4.79 Å². The second-order valence-electron chi connectivity index (χ2n) is 5.63. The molecule has 0 bridgehead atoms. The van der Waals surface area contributed by atoms with Gasteiger partial charge in [-0.1, -0.05) is 0 Å². The van der Waals surface area contributed by atoms with Crippen LogP contribution in [0.3, 0.4) is 0 Å². The fourth-order valence-electron chi connectivity index (χ4n) is 2.79. The highest BCUT2D eigenvalue weighted by Gasteiger charge is 2.28. The Morgan fingerprint density at radius 2 is 2.33 bits per heavy atom. The molecule has 2 unspecified atom stereocenters. The molecule has 1 saturated heterocycles. The lowest BCUT2D eigenvalue weighted by Crippen LogP contribution is -2.51. The highest BCUT2D eigenvalue weighted by Crippen LogP contribution is 2.20. The lowest BCUT2D eigenvalue weighted by atomic mass is 10.00. The number of carbonyl (C=O) groups excluding carboxylic acids is 1. The highest BCUT2D eigenvalue weighted by molar-refractivity contribution is 7.07. The average molecular weight is 310 g/mol. The van der Waals surface area contributed by atoms with Crippen LogP contribution in [0.2, 0.25) is 0 Å². The zero-order valence-corrected chi connectivity index (χ0v) is 13.1. The fraction of sp³-hybridized carbons (Fsp3) is 0.600. The van der Waals surface area contributed by atoms with Crippen molar-refractivity contribution in [3.05, 3.63) is 22.4 Å². The van der Waals surface area contributed by atoms with Crippen molar-refractivity contribution in [3.8, 4) is 0 Å². The summed E-state index contributed by atoms with van der Waals surface area (Å²) in [6.07, 6.45) is 3.55. The van der Waals surface area contributed by atoms with Gasteiger partial charge in [0.25, 0.3) is 0 Å². The van der Waals surface area contributed by atoms with Crippen molar-refractivity contribution in [2.24, 2.45) is 0 Å². The Balaban J connectivity index is 1.89. The smallest absolute Gasteiger partial charge is 0.317 e. The molecule has 0 saturated carbocycles. The summed E-state index contributed by atoms with van der Waals surface area (Å²) in [5.41, 5.74) is 1.22. The molecule has 0 spiro atoms. The predicted molar refractivity (Wildman–Crippen MR) is 82.6 cm³/mol. The van der Waals surface area contributed by atoms with Crippen molar-refractivity contribution in [1.29, 1.82) is 0 Å². The minimum Gasteiger partial charge on any atom is -0.481 e. The zero-order chi connectivity index (χ0) is 15.2. The van der Waals surface area contributed by atoms with E-state index in [1.54, 1.807) is 16.2 Å². The quantitative estimate of drug-likeness (QED) is 0.878. The number of likely N-dealkylation sites (tertiary alicyclic amines) is 1. The Kier molecular flexibility index (Phi) is 5.61. The van der Waals surface area contributed by atoms with Gasteiger partial charge >= 0.3 is 12.0 Å². The van der Waals surface area contributed by atoms with Crippen LogP contribution in [0.25, 0.3) is 0 Å². The summed E-state index contributed by atoms with van der Waals surface area (Å²) in [6, 6.07) is 1.79. The second kappa shape index (κ2) is 7.45. The van der Waals surface area contributed by atoms with Crippen LogP contribution in [-0.4, -0.2) is 40.6 Å². The second-order valence-corrected chi connectivity index (χ2v) is 6.41. The van der Waals surface area contributed by atoms with Crippen molar-refractivity contribution in [3.63, 3.8) is 0 Å². The molecule has 21 heavy (non-hydrogen) atoms. The molecule has 1 aromatic heterocycles. The third-order valence-corrected chi connectivity index (χ3v) is 4.52. The van der Waals surface area contributed by atoms with E-state index in [-0.39, 0.29) is 24.5 Å². The van der Waals surface area contributed by atoms with Gasteiger partial charge in [0.2, 0.25) is 0 Å². The number of nitrogens with zero attached hydrogens (tertiary/aromatic N) is 1. The van der Waals surface area contributed by atoms with E-state index in [4.69, 9.17) is 5.11 Å². The van der Waals surface area contributed by atoms with Crippen LogP contribution < -0.4 is 5.32 Å². The fourth-order valence-corrected chi connectivity index (χ4v) is 3.47. The number of amides is 2. The number of carbonyl (C=O) groups is 2. The van der Waals surface area contributed by atoms with E-state index in [9.17, 15) is 9.59 Å². The molecule has 0 aromatic carbocycles. The molecule has 2 amide bonds. The number of carboxylic acid groups (broad SMARTS) is 1. The maximum atomic E-state index is 12.4. The average Bonchev–Trinajstić information content (AvgIpc) is 2.91. The van der Waals surface area contributed by atoms with Crippen molar-refractivity contribution in [2.45, 2.75) is 51.1 Å². The summed E-state index contributed by atoms with van der Waals surface area (Å²) in [5, 5.41) is 16.1. The highest BCUT2D eigenvalue weighted by atomic mass is 32.1. The molecule has 1 aliphatic rings. The first-order valence-electron chi connectivity index (χ1n) is 7.36. The van der Waals surface area contributed by atoms with Gasteiger partial charge in [0, 0.05) is 18.6 Å². The van der Waals surface area contributed by atoms with Gasteiger partial charge in [-0.15, -0.1) is 0 Å². The number of hydrogen-bond donors (Lipinski definition) is 2. The molecule has 2 heterocycles. The molecule has 5 nitrogen and oxygen atoms in total. The minimum atomic E-state index is -0.842. The third-order valence-electron chi connectivity index (χ3n) is 3.79. The summed E-state index contributed by atoms with van der Waals surface area (Å²) in [4.78, 5) is 25.0. The first-order chi connectivity index (χ1) is 10.1. The van der Waals surface area contributed by atoms with Gasteiger partial charge in [0.15, 0.2) is 0 Å². The maximum Gasteiger partial charge on any atom is 0.317 e. The van der Waals surface area contributed by atoms with Gasteiger partial charge < -0.3 is 15.3 Å². The van der Waals surface area contributed by atoms with Crippen LogP contribution in [0.1, 0.15) is 38.2 Å². The standard InChI is InChI=1S/C15H22N2O3S/c1-11(8-12-5-7-21-10-12)16-15(20)17-6-3-2-4-13(17)9-14(18)19/h5,7,10-11,13H,2-4,6,8-9H2,1H3,(H,16,20)(H,18,19). The summed E-state index contributed by atoms with van der Waals surface area (Å²) < 4.78 is 0. The molecule has 2 rings (SSSR count). The molecule has 0 radical (unpaired) electrons. The Bertz CT molecular complexity index is 475. The van der Waals surface area contributed by atoms with Gasteiger partial charge in [-0.2, -0.15) is 11.3 Å². The van der Waals surface area contributed by atoms with Crippen molar-refractivity contribution in [2.75, 3.05) is 6.54 Å². The number of thiophene rings is 1. The molecule has 1 fully saturated rings. The summed E-state index contributed by atoms with van der Waals surface area (Å²) in [5.74, 6) is -0.842. The van der Waals surface area contributed by atoms with E-state index in [1.165, 1.54) is 5.56 Å². The SMILES string of the molecule is CC(Cc1ccsc1)NC(=O)N1CCCCC1CC(=O)O. The molecule has 1 aliphatic heterocycles. The topological polar surface area (TPSA) is 69.6 Å². The van der Waals surface area contributed by atoms with Gasteiger partial charge in [0.05, 0.1) is 6.42 Å². The van der Waals surface area contributed by atoms with Crippen LogP contribution in [0, 0.1) is 0 Å².